The molecule has 0 spiro atoms. The van der Waals surface area contributed by atoms with Crippen molar-refractivity contribution in [3.05, 3.63) is 90.4 Å². The predicted octanol–water partition coefficient (Wildman–Crippen LogP) is 2.45. The van der Waals surface area contributed by atoms with Crippen LogP contribution in [0.1, 0.15) is 36.7 Å². The smallest absolute Gasteiger partial charge is 0.338 e. The standard InChI is InChI=1S/C23H23N3O3S/c1-5-29-22(28)19-15(3)24-23-26(20(19)16-10-8-14(2)9-11-16)21(27)18(30-23)13-17-7-6-12-25(17)4/h6-13,20H,5H2,1-4H3/b18-13-/t20-/m0/s1. The van der Waals surface area contributed by atoms with Crippen molar-refractivity contribution in [2.75, 3.05) is 6.61 Å². The number of rotatable bonds is 4. The molecule has 6 nitrogen and oxygen atoms in total. The first-order valence-electron chi connectivity index (χ1n) is 9.78. The van der Waals surface area contributed by atoms with Crippen molar-refractivity contribution in [1.82, 2.24) is 9.13 Å². The van der Waals surface area contributed by atoms with Crippen molar-refractivity contribution in [2.24, 2.45) is 12.0 Å². The lowest BCUT2D eigenvalue weighted by Crippen LogP contribution is -2.40. The van der Waals surface area contributed by atoms with Crippen LogP contribution < -0.4 is 14.9 Å². The number of thiazole rings is 1. The number of hydrogen-bond donors (Lipinski definition) is 0. The molecule has 0 bridgehead atoms. The molecule has 4 rings (SSSR count). The number of benzene rings is 1. The Morgan fingerprint density at radius 2 is 1.97 bits per heavy atom. The molecule has 3 aromatic rings. The molecule has 1 aliphatic rings. The molecule has 0 saturated carbocycles. The molecule has 2 aromatic heterocycles. The van der Waals surface area contributed by atoms with Crippen LogP contribution in [-0.2, 0) is 16.6 Å². The lowest BCUT2D eigenvalue weighted by molar-refractivity contribution is -0.139. The van der Waals surface area contributed by atoms with E-state index in [4.69, 9.17) is 4.74 Å². The Bertz CT molecular complexity index is 1320. The summed E-state index contributed by atoms with van der Waals surface area (Å²) in [7, 11) is 1.93. The Morgan fingerprint density at radius 3 is 2.60 bits per heavy atom. The molecule has 0 unspecified atom stereocenters. The van der Waals surface area contributed by atoms with Gasteiger partial charge in [-0.1, -0.05) is 41.2 Å². The van der Waals surface area contributed by atoms with Crippen LogP contribution >= 0.6 is 11.3 Å². The highest BCUT2D eigenvalue weighted by molar-refractivity contribution is 7.07. The maximum Gasteiger partial charge on any atom is 0.338 e. The summed E-state index contributed by atoms with van der Waals surface area (Å²) >= 11 is 1.33. The van der Waals surface area contributed by atoms with E-state index in [-0.39, 0.29) is 12.2 Å². The summed E-state index contributed by atoms with van der Waals surface area (Å²) in [5.41, 5.74) is 3.69. The van der Waals surface area contributed by atoms with Crippen LogP contribution in [0.25, 0.3) is 6.08 Å². The third kappa shape index (κ3) is 3.45. The van der Waals surface area contributed by atoms with Gasteiger partial charge in [0.05, 0.1) is 28.5 Å². The van der Waals surface area contributed by atoms with Crippen molar-refractivity contribution in [3.8, 4) is 0 Å². The minimum Gasteiger partial charge on any atom is -0.463 e. The molecule has 1 aliphatic heterocycles. The van der Waals surface area contributed by atoms with Crippen molar-refractivity contribution >= 4 is 23.4 Å². The minimum atomic E-state index is -0.573. The van der Waals surface area contributed by atoms with Crippen LogP contribution in [0, 0.1) is 6.92 Å². The molecule has 30 heavy (non-hydrogen) atoms. The van der Waals surface area contributed by atoms with Gasteiger partial charge in [-0.2, -0.15) is 0 Å². The Morgan fingerprint density at radius 1 is 1.23 bits per heavy atom. The number of fused-ring (bicyclic) bond motifs is 1. The lowest BCUT2D eigenvalue weighted by atomic mass is 9.95. The molecule has 0 aliphatic carbocycles. The van der Waals surface area contributed by atoms with Gasteiger partial charge in [-0.25, -0.2) is 9.79 Å². The molecule has 3 heterocycles. The van der Waals surface area contributed by atoms with E-state index in [0.29, 0.717) is 20.6 Å². The number of aromatic nitrogens is 2. The fourth-order valence-corrected chi connectivity index (χ4v) is 4.65. The van der Waals surface area contributed by atoms with Gasteiger partial charge in [0.15, 0.2) is 4.80 Å². The molecular weight excluding hydrogens is 398 g/mol. The van der Waals surface area contributed by atoms with Gasteiger partial charge in [0, 0.05) is 18.9 Å². The summed E-state index contributed by atoms with van der Waals surface area (Å²) in [5, 5.41) is 0. The van der Waals surface area contributed by atoms with Crippen LogP contribution in [0.3, 0.4) is 0 Å². The molecule has 0 saturated heterocycles. The quantitative estimate of drug-likeness (QED) is 0.608. The average Bonchev–Trinajstić information content (AvgIpc) is 3.25. The summed E-state index contributed by atoms with van der Waals surface area (Å²) in [4.78, 5) is 31.4. The number of aryl methyl sites for hydroxylation is 2. The number of hydrogen-bond acceptors (Lipinski definition) is 5. The highest BCUT2D eigenvalue weighted by Crippen LogP contribution is 2.30. The maximum atomic E-state index is 13.4. The Kier molecular flexibility index (Phi) is 5.30. The van der Waals surface area contributed by atoms with E-state index in [1.54, 1.807) is 18.4 Å². The van der Waals surface area contributed by atoms with Crippen LogP contribution in [-0.4, -0.2) is 21.7 Å². The lowest BCUT2D eigenvalue weighted by Gasteiger charge is -2.24. The topological polar surface area (TPSA) is 65.6 Å². The highest BCUT2D eigenvalue weighted by atomic mass is 32.1. The van der Waals surface area contributed by atoms with E-state index in [1.165, 1.54) is 11.3 Å². The SMILES string of the molecule is CCOC(=O)C1=C(C)N=c2s/c(=C\c3cccn3C)c(=O)n2[C@H]1c1ccc(C)cc1. The van der Waals surface area contributed by atoms with Gasteiger partial charge >= 0.3 is 5.97 Å². The molecular formula is C23H23N3O3S. The molecule has 1 atom stereocenters. The second-order valence-corrected chi connectivity index (χ2v) is 8.27. The van der Waals surface area contributed by atoms with Gasteiger partial charge < -0.3 is 9.30 Å². The Balaban J connectivity index is 1.97. The summed E-state index contributed by atoms with van der Waals surface area (Å²) < 4.78 is 9.45. The zero-order chi connectivity index (χ0) is 21.4. The monoisotopic (exact) mass is 421 g/mol. The maximum absolute atomic E-state index is 13.4. The van der Waals surface area contributed by atoms with Gasteiger partial charge in [0.25, 0.3) is 5.56 Å². The van der Waals surface area contributed by atoms with Crippen molar-refractivity contribution in [3.63, 3.8) is 0 Å². The minimum absolute atomic E-state index is 0.167. The number of esters is 1. The fourth-order valence-electron chi connectivity index (χ4n) is 3.61. The number of ether oxygens (including phenoxy) is 1. The average molecular weight is 422 g/mol. The van der Waals surface area contributed by atoms with E-state index in [9.17, 15) is 9.59 Å². The van der Waals surface area contributed by atoms with Gasteiger partial charge in [0.1, 0.15) is 0 Å². The highest BCUT2D eigenvalue weighted by Gasteiger charge is 2.33. The molecule has 0 radical (unpaired) electrons. The first kappa shape index (κ1) is 20.1. The van der Waals surface area contributed by atoms with Crippen LogP contribution in [0.5, 0.6) is 0 Å². The zero-order valence-electron chi connectivity index (χ0n) is 17.4. The first-order valence-corrected chi connectivity index (χ1v) is 10.6. The Hall–Kier alpha value is -3.19. The van der Waals surface area contributed by atoms with Gasteiger partial charge in [-0.15, -0.1) is 0 Å². The third-order valence-corrected chi connectivity index (χ3v) is 6.16. The summed E-state index contributed by atoms with van der Waals surface area (Å²) in [5.74, 6) is -0.443. The van der Waals surface area contributed by atoms with Crippen molar-refractivity contribution < 1.29 is 9.53 Å². The van der Waals surface area contributed by atoms with E-state index in [2.05, 4.69) is 4.99 Å². The molecule has 0 N–H and O–H groups in total. The van der Waals surface area contributed by atoms with E-state index in [0.717, 1.165) is 16.8 Å². The van der Waals surface area contributed by atoms with Crippen molar-refractivity contribution in [2.45, 2.75) is 26.8 Å². The van der Waals surface area contributed by atoms with E-state index >= 15 is 0 Å². The molecule has 7 heteroatoms. The number of carbonyl (C=O) groups excluding carboxylic acids is 1. The van der Waals surface area contributed by atoms with Crippen LogP contribution in [0.2, 0.25) is 0 Å². The van der Waals surface area contributed by atoms with E-state index in [1.807, 2.05) is 67.2 Å². The summed E-state index contributed by atoms with van der Waals surface area (Å²) in [6.07, 6.45) is 3.79. The van der Waals surface area contributed by atoms with Gasteiger partial charge in [0.2, 0.25) is 0 Å². The van der Waals surface area contributed by atoms with Gasteiger partial charge in [-0.3, -0.25) is 9.36 Å². The van der Waals surface area contributed by atoms with Crippen LogP contribution in [0.15, 0.2) is 63.7 Å². The molecule has 0 fully saturated rings. The molecule has 1 aromatic carbocycles. The zero-order valence-corrected chi connectivity index (χ0v) is 18.2. The number of allylic oxidation sites excluding steroid dienone is 1. The summed E-state index contributed by atoms with van der Waals surface area (Å²) in [6.45, 7) is 5.82. The number of carbonyl (C=O) groups is 1. The van der Waals surface area contributed by atoms with Crippen LogP contribution in [0.4, 0.5) is 0 Å². The normalized spacial score (nSPS) is 16.4. The largest absolute Gasteiger partial charge is 0.463 e. The predicted molar refractivity (Wildman–Crippen MR) is 117 cm³/mol. The second kappa shape index (κ2) is 7.91. The molecule has 0 amide bonds. The first-order chi connectivity index (χ1) is 14.4. The number of nitrogens with zero attached hydrogens (tertiary/aromatic N) is 3. The fraction of sp³-hybridized carbons (Fsp3) is 0.261. The Labute approximate surface area is 178 Å². The third-order valence-electron chi connectivity index (χ3n) is 5.17. The van der Waals surface area contributed by atoms with Crippen molar-refractivity contribution in [1.29, 1.82) is 0 Å². The van der Waals surface area contributed by atoms with Gasteiger partial charge in [-0.05, 0) is 44.5 Å². The molecule has 154 valence electrons. The van der Waals surface area contributed by atoms with E-state index < -0.39 is 12.0 Å². The second-order valence-electron chi connectivity index (χ2n) is 7.26. The summed E-state index contributed by atoms with van der Waals surface area (Å²) in [6, 6.07) is 11.2.